The van der Waals surface area contributed by atoms with E-state index in [4.69, 9.17) is 9.84 Å². The Labute approximate surface area is 119 Å². The van der Waals surface area contributed by atoms with Gasteiger partial charge in [0.05, 0.1) is 18.8 Å². The van der Waals surface area contributed by atoms with Crippen LogP contribution in [-0.2, 0) is 4.74 Å². The number of nitriles is 1. The second-order valence-corrected chi connectivity index (χ2v) is 4.74. The third-order valence-electron chi connectivity index (χ3n) is 3.28. The van der Waals surface area contributed by atoms with Crippen LogP contribution in [0.25, 0.3) is 0 Å². The summed E-state index contributed by atoms with van der Waals surface area (Å²) in [5.74, 6) is 1.47. The van der Waals surface area contributed by atoms with Crippen LogP contribution in [0, 0.1) is 18.3 Å². The third-order valence-corrected chi connectivity index (χ3v) is 3.28. The van der Waals surface area contributed by atoms with E-state index in [1.54, 1.807) is 0 Å². The Balaban J connectivity index is 2.23. The van der Waals surface area contributed by atoms with Crippen LogP contribution in [-0.4, -0.2) is 49.5 Å². The van der Waals surface area contributed by atoms with Crippen LogP contribution in [0.4, 0.5) is 11.6 Å². The highest BCUT2D eigenvalue weighted by Gasteiger charge is 2.16. The molecule has 0 atom stereocenters. The number of pyridine rings is 1. The minimum atomic E-state index is 0.122. The number of anilines is 2. The van der Waals surface area contributed by atoms with Gasteiger partial charge in [-0.25, -0.2) is 4.98 Å². The average Bonchev–Trinajstić information content (AvgIpc) is 2.48. The van der Waals surface area contributed by atoms with E-state index in [1.807, 2.05) is 13.0 Å². The third kappa shape index (κ3) is 3.38. The molecule has 0 amide bonds. The van der Waals surface area contributed by atoms with Crippen molar-refractivity contribution < 1.29 is 9.84 Å². The second kappa shape index (κ2) is 7.08. The predicted molar refractivity (Wildman–Crippen MR) is 76.9 cm³/mol. The first-order valence-electron chi connectivity index (χ1n) is 6.85. The maximum atomic E-state index is 9.24. The molecule has 108 valence electrons. The Morgan fingerprint density at radius 1 is 1.50 bits per heavy atom. The van der Waals surface area contributed by atoms with Gasteiger partial charge in [-0.15, -0.1) is 0 Å². The molecule has 2 N–H and O–H groups in total. The number of morpholine rings is 1. The molecule has 0 spiro atoms. The fourth-order valence-corrected chi connectivity index (χ4v) is 2.16. The predicted octanol–water partition coefficient (Wildman–Crippen LogP) is 0.893. The zero-order valence-electron chi connectivity index (χ0n) is 11.7. The van der Waals surface area contributed by atoms with E-state index in [9.17, 15) is 5.26 Å². The molecule has 0 aliphatic carbocycles. The molecule has 0 unspecified atom stereocenters. The number of aliphatic hydroxyl groups is 1. The molecule has 20 heavy (non-hydrogen) atoms. The Morgan fingerprint density at radius 2 is 2.25 bits per heavy atom. The van der Waals surface area contributed by atoms with E-state index in [0.29, 0.717) is 37.6 Å². The first-order chi connectivity index (χ1) is 9.76. The molecule has 0 saturated carbocycles. The van der Waals surface area contributed by atoms with Crippen molar-refractivity contribution in [1.29, 1.82) is 5.26 Å². The molecule has 6 heteroatoms. The summed E-state index contributed by atoms with van der Waals surface area (Å²) in [4.78, 5) is 6.72. The zero-order valence-corrected chi connectivity index (χ0v) is 11.7. The Kier molecular flexibility index (Phi) is 5.16. The van der Waals surface area contributed by atoms with Crippen molar-refractivity contribution in [2.45, 2.75) is 13.3 Å². The maximum Gasteiger partial charge on any atom is 0.146 e. The van der Waals surface area contributed by atoms with Crippen molar-refractivity contribution in [2.75, 3.05) is 49.7 Å². The number of ether oxygens (including phenoxy) is 1. The lowest BCUT2D eigenvalue weighted by Crippen LogP contribution is -2.37. The standard InChI is InChI=1S/C14H20N4O2/c1-11-9-13(18-4-7-20-8-5-18)17-14(12(11)10-15)16-3-2-6-19/h9,19H,2-8H2,1H3,(H,16,17). The van der Waals surface area contributed by atoms with Crippen LogP contribution in [0.2, 0.25) is 0 Å². The number of rotatable bonds is 5. The molecule has 2 rings (SSSR count). The number of nitrogens with one attached hydrogen (secondary N) is 1. The monoisotopic (exact) mass is 276 g/mol. The van der Waals surface area contributed by atoms with Crippen molar-refractivity contribution in [2.24, 2.45) is 0 Å². The van der Waals surface area contributed by atoms with Gasteiger partial charge in [-0.05, 0) is 25.0 Å². The fraction of sp³-hybridized carbons (Fsp3) is 0.571. The maximum absolute atomic E-state index is 9.24. The first kappa shape index (κ1) is 14.6. The highest BCUT2D eigenvalue weighted by molar-refractivity contribution is 5.61. The number of nitrogens with zero attached hydrogens (tertiary/aromatic N) is 3. The summed E-state index contributed by atoms with van der Waals surface area (Å²) in [5, 5.41) is 21.2. The van der Waals surface area contributed by atoms with Gasteiger partial charge in [0, 0.05) is 26.2 Å². The van der Waals surface area contributed by atoms with Crippen molar-refractivity contribution in [3.63, 3.8) is 0 Å². The Hall–Kier alpha value is -1.84. The highest BCUT2D eigenvalue weighted by Crippen LogP contribution is 2.23. The smallest absolute Gasteiger partial charge is 0.146 e. The van der Waals surface area contributed by atoms with Gasteiger partial charge in [0.25, 0.3) is 0 Å². The Morgan fingerprint density at radius 3 is 2.90 bits per heavy atom. The summed E-state index contributed by atoms with van der Waals surface area (Å²) >= 11 is 0. The second-order valence-electron chi connectivity index (χ2n) is 4.74. The van der Waals surface area contributed by atoms with Crippen molar-refractivity contribution in [1.82, 2.24) is 4.98 Å². The molecule has 2 heterocycles. The van der Waals surface area contributed by atoms with Gasteiger partial charge in [0.2, 0.25) is 0 Å². The van der Waals surface area contributed by atoms with E-state index < -0.39 is 0 Å². The summed E-state index contributed by atoms with van der Waals surface area (Å²) < 4.78 is 5.34. The largest absolute Gasteiger partial charge is 0.396 e. The molecular formula is C14H20N4O2. The zero-order chi connectivity index (χ0) is 14.4. The molecule has 1 fully saturated rings. The van der Waals surface area contributed by atoms with Crippen LogP contribution in [0.5, 0.6) is 0 Å². The van der Waals surface area contributed by atoms with Crippen molar-refractivity contribution in [3.05, 3.63) is 17.2 Å². The van der Waals surface area contributed by atoms with E-state index in [1.165, 1.54) is 0 Å². The van der Waals surface area contributed by atoms with Gasteiger partial charge >= 0.3 is 0 Å². The summed E-state index contributed by atoms with van der Waals surface area (Å²) in [6.45, 7) is 5.67. The number of aromatic nitrogens is 1. The minimum Gasteiger partial charge on any atom is -0.396 e. The summed E-state index contributed by atoms with van der Waals surface area (Å²) in [7, 11) is 0. The topological polar surface area (TPSA) is 81.4 Å². The van der Waals surface area contributed by atoms with Gasteiger partial charge in [0.15, 0.2) is 0 Å². The molecule has 0 radical (unpaired) electrons. The van der Waals surface area contributed by atoms with Crippen molar-refractivity contribution in [3.8, 4) is 6.07 Å². The van der Waals surface area contributed by atoms with E-state index >= 15 is 0 Å². The Bertz CT molecular complexity index is 493. The van der Waals surface area contributed by atoms with E-state index in [0.717, 1.165) is 24.5 Å². The lowest BCUT2D eigenvalue weighted by molar-refractivity contribution is 0.122. The average molecular weight is 276 g/mol. The SMILES string of the molecule is Cc1cc(N2CCOCC2)nc(NCCCO)c1C#N. The lowest BCUT2D eigenvalue weighted by Gasteiger charge is -2.28. The van der Waals surface area contributed by atoms with Gasteiger partial charge in [-0.1, -0.05) is 0 Å². The molecule has 0 aromatic carbocycles. The minimum absolute atomic E-state index is 0.122. The fourth-order valence-electron chi connectivity index (χ4n) is 2.16. The molecule has 1 aromatic heterocycles. The molecule has 1 aliphatic rings. The molecule has 6 nitrogen and oxygen atoms in total. The summed E-state index contributed by atoms with van der Waals surface area (Å²) in [5.41, 5.74) is 1.48. The van der Waals surface area contributed by atoms with Gasteiger partial charge in [-0.3, -0.25) is 0 Å². The number of hydrogen-bond acceptors (Lipinski definition) is 6. The normalized spacial score (nSPS) is 14.9. The molecule has 1 saturated heterocycles. The van der Waals surface area contributed by atoms with Gasteiger partial charge in [0.1, 0.15) is 17.7 Å². The number of aliphatic hydroxyl groups excluding tert-OH is 1. The first-order valence-corrected chi connectivity index (χ1v) is 6.85. The molecule has 0 bridgehead atoms. The highest BCUT2D eigenvalue weighted by atomic mass is 16.5. The van der Waals surface area contributed by atoms with Crippen LogP contribution >= 0.6 is 0 Å². The van der Waals surface area contributed by atoms with Crippen LogP contribution < -0.4 is 10.2 Å². The van der Waals surface area contributed by atoms with Crippen LogP contribution in [0.1, 0.15) is 17.5 Å². The number of aryl methyl sites for hydroxylation is 1. The summed E-state index contributed by atoms with van der Waals surface area (Å²) in [6.07, 6.45) is 0.632. The van der Waals surface area contributed by atoms with Crippen LogP contribution in [0.3, 0.4) is 0 Å². The molecular weight excluding hydrogens is 256 g/mol. The van der Waals surface area contributed by atoms with E-state index in [-0.39, 0.29) is 6.61 Å². The van der Waals surface area contributed by atoms with E-state index in [2.05, 4.69) is 21.3 Å². The molecule has 1 aromatic rings. The van der Waals surface area contributed by atoms with Gasteiger partial charge < -0.3 is 20.1 Å². The quantitative estimate of drug-likeness (QED) is 0.777. The van der Waals surface area contributed by atoms with Crippen LogP contribution in [0.15, 0.2) is 6.07 Å². The number of hydrogen-bond donors (Lipinski definition) is 2. The molecule has 1 aliphatic heterocycles. The lowest BCUT2D eigenvalue weighted by atomic mass is 10.1. The van der Waals surface area contributed by atoms with Crippen molar-refractivity contribution >= 4 is 11.6 Å². The summed E-state index contributed by atoms with van der Waals surface area (Å²) in [6, 6.07) is 4.14. The van der Waals surface area contributed by atoms with Gasteiger partial charge in [-0.2, -0.15) is 5.26 Å².